The van der Waals surface area contributed by atoms with Crippen LogP contribution in [-0.4, -0.2) is 80.7 Å². The fraction of sp³-hybridized carbons (Fsp3) is 1.00. The second-order valence-electron chi connectivity index (χ2n) is 11.8. The molecule has 3 aliphatic rings. The number of ether oxygens (including phenoxy) is 3. The molecule has 0 radical (unpaired) electrons. The van der Waals surface area contributed by atoms with Gasteiger partial charge in [0.1, 0.15) is 12.2 Å². The molecular weight excluding hydrogens is 522 g/mol. The Hall–Kier alpha value is 0.140. The van der Waals surface area contributed by atoms with Crippen molar-refractivity contribution in [1.29, 1.82) is 0 Å². The van der Waals surface area contributed by atoms with Gasteiger partial charge in [0.2, 0.25) is 0 Å². The van der Waals surface area contributed by atoms with Crippen molar-refractivity contribution >= 4 is 15.2 Å². The zero-order chi connectivity index (χ0) is 27.5. The van der Waals surface area contributed by atoms with E-state index in [1.54, 1.807) is 0 Å². The second kappa shape index (κ2) is 13.2. The molecular formula is C25H48O10P2. The molecule has 3 aliphatic heterocycles. The van der Waals surface area contributed by atoms with Crippen molar-refractivity contribution in [1.82, 2.24) is 0 Å². The summed E-state index contributed by atoms with van der Waals surface area (Å²) >= 11 is 0. The zero-order valence-corrected chi connectivity index (χ0v) is 25.4. The molecule has 0 amide bonds. The smallest absolute Gasteiger partial charge is 0.328 e. The summed E-state index contributed by atoms with van der Waals surface area (Å²) in [6.45, 7) is 15.3. The van der Waals surface area contributed by atoms with Gasteiger partial charge >= 0.3 is 15.2 Å². The topological polar surface area (TPSA) is 119 Å². The Morgan fingerprint density at radius 3 is 1.86 bits per heavy atom. The van der Waals surface area contributed by atoms with Gasteiger partial charge in [0, 0.05) is 26.2 Å². The van der Waals surface area contributed by atoms with Crippen molar-refractivity contribution in [2.24, 2.45) is 17.8 Å². The van der Waals surface area contributed by atoms with Crippen molar-refractivity contribution < 1.29 is 46.5 Å². The van der Waals surface area contributed by atoms with E-state index in [0.717, 1.165) is 12.8 Å². The van der Waals surface area contributed by atoms with Crippen molar-refractivity contribution in [2.75, 3.05) is 26.5 Å². The average Bonchev–Trinajstić information content (AvgIpc) is 3.40. The highest BCUT2D eigenvalue weighted by Gasteiger charge is 2.43. The maximum atomic E-state index is 13.2. The molecule has 218 valence electrons. The SMILES string of the molecule is CC(C)C[C@H]1O[C@@H](C)C[C@H]1OP(C)(=O)OC[C@H]1O[C@@H](O)C[C@H]1OP(C)(=O)OC[C@H]1O[C@@H](C)C[C@H]1C(C)C. The van der Waals surface area contributed by atoms with E-state index in [1.165, 1.54) is 13.3 Å². The summed E-state index contributed by atoms with van der Waals surface area (Å²) in [5.74, 6) is 1.15. The van der Waals surface area contributed by atoms with Gasteiger partial charge in [-0.25, -0.2) is 0 Å². The van der Waals surface area contributed by atoms with Gasteiger partial charge in [-0.05, 0) is 44.4 Å². The predicted octanol–water partition coefficient (Wildman–Crippen LogP) is 5.22. The van der Waals surface area contributed by atoms with Crippen molar-refractivity contribution in [3.63, 3.8) is 0 Å². The molecule has 0 spiro atoms. The summed E-state index contributed by atoms with van der Waals surface area (Å²) in [6.07, 6.45) is -0.631. The molecule has 3 rings (SSSR count). The Balaban J connectivity index is 1.52. The van der Waals surface area contributed by atoms with Crippen molar-refractivity contribution in [2.45, 2.75) is 116 Å². The van der Waals surface area contributed by atoms with Crippen LogP contribution in [0, 0.1) is 17.8 Å². The van der Waals surface area contributed by atoms with Crippen LogP contribution in [0.4, 0.5) is 0 Å². The molecule has 0 aliphatic carbocycles. The van der Waals surface area contributed by atoms with Crippen molar-refractivity contribution in [3.8, 4) is 0 Å². The summed E-state index contributed by atoms with van der Waals surface area (Å²) < 4.78 is 66.8. The Labute approximate surface area is 222 Å². The number of rotatable bonds is 13. The van der Waals surface area contributed by atoms with Gasteiger partial charge in [0.15, 0.2) is 6.29 Å². The van der Waals surface area contributed by atoms with E-state index < -0.39 is 33.7 Å². The minimum absolute atomic E-state index is 0.0206. The van der Waals surface area contributed by atoms with Crippen LogP contribution in [-0.2, 0) is 41.4 Å². The lowest BCUT2D eigenvalue weighted by atomic mass is 9.88. The third-order valence-corrected chi connectivity index (χ3v) is 9.76. The molecule has 0 aromatic heterocycles. The number of aliphatic hydroxyl groups is 1. The van der Waals surface area contributed by atoms with Crippen LogP contribution < -0.4 is 0 Å². The molecule has 1 N–H and O–H groups in total. The maximum absolute atomic E-state index is 13.2. The molecule has 0 aromatic rings. The fourth-order valence-corrected chi connectivity index (χ4v) is 7.87. The molecule has 11 atom stereocenters. The van der Waals surface area contributed by atoms with E-state index in [4.69, 9.17) is 32.3 Å². The van der Waals surface area contributed by atoms with E-state index >= 15 is 0 Å². The van der Waals surface area contributed by atoms with E-state index in [1.807, 2.05) is 13.8 Å². The first-order valence-corrected chi connectivity index (χ1v) is 17.6. The highest BCUT2D eigenvalue weighted by atomic mass is 31.2. The molecule has 3 saturated heterocycles. The normalized spacial score (nSPS) is 39.9. The Bertz CT molecular complexity index is 823. The second-order valence-corrected chi connectivity index (χ2v) is 15.8. The molecule has 10 nitrogen and oxygen atoms in total. The Morgan fingerprint density at radius 1 is 0.784 bits per heavy atom. The van der Waals surface area contributed by atoms with Gasteiger partial charge < -0.3 is 37.4 Å². The molecule has 0 saturated carbocycles. The summed E-state index contributed by atoms with van der Waals surface area (Å²) in [5.41, 5.74) is 0. The summed E-state index contributed by atoms with van der Waals surface area (Å²) in [6, 6.07) is 0. The summed E-state index contributed by atoms with van der Waals surface area (Å²) in [5, 5.41) is 10.1. The number of hydrogen-bond donors (Lipinski definition) is 1. The van der Waals surface area contributed by atoms with Crippen LogP contribution in [0.15, 0.2) is 0 Å². The molecule has 3 heterocycles. The van der Waals surface area contributed by atoms with Gasteiger partial charge in [-0.3, -0.25) is 9.13 Å². The summed E-state index contributed by atoms with van der Waals surface area (Å²) in [4.78, 5) is 0. The number of hydrogen-bond acceptors (Lipinski definition) is 10. The minimum Gasteiger partial charge on any atom is -0.373 e. The van der Waals surface area contributed by atoms with Crippen LogP contribution in [0.1, 0.15) is 67.2 Å². The van der Waals surface area contributed by atoms with Crippen LogP contribution in [0.3, 0.4) is 0 Å². The molecule has 37 heavy (non-hydrogen) atoms. The fourth-order valence-electron chi connectivity index (χ4n) is 5.48. The van der Waals surface area contributed by atoms with Crippen LogP contribution in [0.5, 0.6) is 0 Å². The first kappa shape index (κ1) is 31.7. The first-order valence-electron chi connectivity index (χ1n) is 13.6. The van der Waals surface area contributed by atoms with E-state index in [2.05, 4.69) is 27.7 Å². The predicted molar refractivity (Wildman–Crippen MR) is 140 cm³/mol. The van der Waals surface area contributed by atoms with E-state index in [9.17, 15) is 14.2 Å². The molecule has 0 bridgehead atoms. The maximum Gasteiger partial charge on any atom is 0.328 e. The highest BCUT2D eigenvalue weighted by Crippen LogP contribution is 2.51. The molecule has 0 aromatic carbocycles. The van der Waals surface area contributed by atoms with Crippen molar-refractivity contribution in [3.05, 3.63) is 0 Å². The van der Waals surface area contributed by atoms with E-state index in [-0.39, 0.29) is 50.2 Å². The third-order valence-electron chi connectivity index (χ3n) is 7.22. The van der Waals surface area contributed by atoms with Crippen LogP contribution >= 0.6 is 15.2 Å². The minimum atomic E-state index is -3.50. The zero-order valence-electron chi connectivity index (χ0n) is 23.6. The van der Waals surface area contributed by atoms with Crippen LogP contribution in [0.25, 0.3) is 0 Å². The lowest BCUT2D eigenvalue weighted by Gasteiger charge is -2.27. The lowest BCUT2D eigenvalue weighted by Crippen LogP contribution is -2.30. The van der Waals surface area contributed by atoms with Gasteiger partial charge in [0.05, 0.1) is 43.7 Å². The van der Waals surface area contributed by atoms with Gasteiger partial charge in [0.25, 0.3) is 0 Å². The number of aliphatic hydroxyl groups excluding tert-OH is 1. The Kier molecular flexibility index (Phi) is 11.3. The quantitative estimate of drug-likeness (QED) is 0.295. The van der Waals surface area contributed by atoms with E-state index in [0.29, 0.717) is 24.2 Å². The van der Waals surface area contributed by atoms with Crippen LogP contribution in [0.2, 0.25) is 0 Å². The lowest BCUT2D eigenvalue weighted by molar-refractivity contribution is -0.105. The highest BCUT2D eigenvalue weighted by molar-refractivity contribution is 7.53. The van der Waals surface area contributed by atoms with Gasteiger partial charge in [-0.15, -0.1) is 0 Å². The van der Waals surface area contributed by atoms with Gasteiger partial charge in [-0.2, -0.15) is 0 Å². The molecule has 2 unspecified atom stereocenters. The monoisotopic (exact) mass is 570 g/mol. The first-order chi connectivity index (χ1) is 17.1. The summed E-state index contributed by atoms with van der Waals surface area (Å²) in [7, 11) is -6.96. The Morgan fingerprint density at radius 2 is 1.30 bits per heavy atom. The largest absolute Gasteiger partial charge is 0.373 e. The standard InChI is InChI=1S/C25H48O10P2/c1-15(2)9-20-21(11-18(6)31-20)34-37(8,28)30-14-24-22(12-25(26)33-24)35-36(7,27)29-13-23-19(16(3)4)10-17(5)32-23/h15-26H,9-14H2,1-8H3/t17-,18-,19-,20+,21+,22+,23+,24+,25+,36?,37?/m0/s1. The molecule has 3 fully saturated rings. The third kappa shape index (κ3) is 9.63. The molecule has 12 heteroatoms. The van der Waals surface area contributed by atoms with Gasteiger partial charge in [-0.1, -0.05) is 27.7 Å². The average molecular weight is 571 g/mol.